The molecule has 0 spiro atoms. The van der Waals surface area contributed by atoms with Gasteiger partial charge in [0.2, 0.25) is 0 Å². The van der Waals surface area contributed by atoms with Crippen LogP contribution in [-0.4, -0.2) is 47.5 Å². The first-order valence-electron chi connectivity index (χ1n) is 6.03. The van der Waals surface area contributed by atoms with Crippen LogP contribution in [0.15, 0.2) is 12.4 Å². The van der Waals surface area contributed by atoms with Crippen molar-refractivity contribution >= 4 is 0 Å². The second kappa shape index (κ2) is 5.59. The van der Waals surface area contributed by atoms with E-state index >= 15 is 0 Å². The van der Waals surface area contributed by atoms with Crippen LogP contribution in [0.25, 0.3) is 0 Å². The first-order valence-corrected chi connectivity index (χ1v) is 6.03. The molecular weight excluding hydrogens is 218 g/mol. The maximum atomic E-state index is 5.78. The minimum atomic E-state index is -0.00181. The molecule has 0 aromatic carbocycles. The Morgan fingerprint density at radius 2 is 2.53 bits per heavy atom. The second-order valence-electron chi connectivity index (χ2n) is 4.45. The highest BCUT2D eigenvalue weighted by atomic mass is 16.5. The van der Waals surface area contributed by atoms with Crippen LogP contribution in [0.4, 0.5) is 0 Å². The number of hydrazine groups is 1. The largest absolute Gasteiger partial charge is 0.374 e. The molecule has 1 aliphatic rings. The van der Waals surface area contributed by atoms with Crippen LogP contribution in [0.5, 0.6) is 0 Å². The first-order chi connectivity index (χ1) is 8.24. The van der Waals surface area contributed by atoms with Crippen molar-refractivity contribution < 1.29 is 4.74 Å². The van der Waals surface area contributed by atoms with Gasteiger partial charge in [-0.3, -0.25) is 16.0 Å². The summed E-state index contributed by atoms with van der Waals surface area (Å²) in [6.45, 7) is 5.53. The molecule has 0 saturated carbocycles. The maximum absolute atomic E-state index is 5.78. The SMILES string of the molecule is CCn1cc(C(NN)C2CN(C)CCO2)cn1. The Bertz CT molecular complexity index is 353. The summed E-state index contributed by atoms with van der Waals surface area (Å²) < 4.78 is 7.67. The lowest BCUT2D eigenvalue weighted by molar-refractivity contribution is -0.0393. The minimum Gasteiger partial charge on any atom is -0.374 e. The Kier molecular flexibility index (Phi) is 4.11. The molecule has 96 valence electrons. The van der Waals surface area contributed by atoms with E-state index in [1.165, 1.54) is 0 Å². The first kappa shape index (κ1) is 12.5. The van der Waals surface area contributed by atoms with Gasteiger partial charge in [-0.2, -0.15) is 5.10 Å². The second-order valence-corrected chi connectivity index (χ2v) is 4.45. The fourth-order valence-electron chi connectivity index (χ4n) is 2.14. The zero-order valence-corrected chi connectivity index (χ0v) is 10.5. The lowest BCUT2D eigenvalue weighted by atomic mass is 10.0. The number of hydrogen-bond donors (Lipinski definition) is 2. The number of aromatic nitrogens is 2. The van der Waals surface area contributed by atoms with Gasteiger partial charge in [-0.1, -0.05) is 0 Å². The molecule has 1 fully saturated rings. The monoisotopic (exact) mass is 239 g/mol. The third-order valence-electron chi connectivity index (χ3n) is 3.18. The smallest absolute Gasteiger partial charge is 0.0910 e. The predicted octanol–water partition coefficient (Wildman–Crippen LogP) is -0.262. The van der Waals surface area contributed by atoms with Crippen LogP contribution >= 0.6 is 0 Å². The summed E-state index contributed by atoms with van der Waals surface area (Å²) in [4.78, 5) is 2.25. The highest BCUT2D eigenvalue weighted by Crippen LogP contribution is 2.20. The van der Waals surface area contributed by atoms with Crippen LogP contribution in [0.1, 0.15) is 18.5 Å². The fraction of sp³-hybridized carbons (Fsp3) is 0.727. The molecule has 1 aliphatic heterocycles. The molecule has 0 bridgehead atoms. The van der Waals surface area contributed by atoms with E-state index in [1.807, 2.05) is 17.1 Å². The Morgan fingerprint density at radius 1 is 1.71 bits per heavy atom. The van der Waals surface area contributed by atoms with Gasteiger partial charge >= 0.3 is 0 Å². The molecule has 2 unspecified atom stereocenters. The Labute approximate surface area is 102 Å². The average molecular weight is 239 g/mol. The lowest BCUT2D eigenvalue weighted by Gasteiger charge is -2.34. The summed E-state index contributed by atoms with van der Waals surface area (Å²) >= 11 is 0. The normalized spacial score (nSPS) is 23.8. The Hall–Kier alpha value is -0.950. The van der Waals surface area contributed by atoms with Crippen molar-refractivity contribution in [2.75, 3.05) is 26.7 Å². The molecule has 3 N–H and O–H groups in total. The van der Waals surface area contributed by atoms with Gasteiger partial charge in [-0.25, -0.2) is 0 Å². The summed E-state index contributed by atoms with van der Waals surface area (Å²) in [7, 11) is 2.10. The number of likely N-dealkylation sites (N-methyl/N-ethyl adjacent to an activating group) is 1. The molecule has 0 aliphatic carbocycles. The van der Waals surface area contributed by atoms with Crippen molar-refractivity contribution in [3.63, 3.8) is 0 Å². The van der Waals surface area contributed by atoms with Gasteiger partial charge in [-0.15, -0.1) is 0 Å². The van der Waals surface area contributed by atoms with Crippen LogP contribution in [0, 0.1) is 0 Å². The van der Waals surface area contributed by atoms with E-state index in [2.05, 4.69) is 29.4 Å². The van der Waals surface area contributed by atoms with Crippen molar-refractivity contribution in [2.45, 2.75) is 25.6 Å². The molecule has 1 aromatic heterocycles. The summed E-state index contributed by atoms with van der Waals surface area (Å²) in [5.41, 5.74) is 3.92. The molecule has 6 nitrogen and oxygen atoms in total. The van der Waals surface area contributed by atoms with E-state index in [1.54, 1.807) is 0 Å². The van der Waals surface area contributed by atoms with E-state index in [0.717, 1.165) is 31.8 Å². The third kappa shape index (κ3) is 2.84. The topological polar surface area (TPSA) is 68.3 Å². The van der Waals surface area contributed by atoms with E-state index in [0.29, 0.717) is 0 Å². The molecular formula is C11H21N5O. The molecule has 0 amide bonds. The zero-order valence-electron chi connectivity index (χ0n) is 10.5. The van der Waals surface area contributed by atoms with Gasteiger partial charge in [-0.05, 0) is 14.0 Å². The van der Waals surface area contributed by atoms with E-state index in [9.17, 15) is 0 Å². The summed E-state index contributed by atoms with van der Waals surface area (Å²) in [6.07, 6.45) is 3.95. The standard InChI is InChI=1S/C11H21N5O/c1-3-16-7-9(6-13-16)11(14-12)10-8-15(2)4-5-17-10/h6-7,10-11,14H,3-5,8,12H2,1-2H3. The van der Waals surface area contributed by atoms with Crippen LogP contribution in [0.3, 0.4) is 0 Å². The van der Waals surface area contributed by atoms with E-state index < -0.39 is 0 Å². The van der Waals surface area contributed by atoms with Gasteiger partial charge in [0.1, 0.15) is 0 Å². The molecule has 0 radical (unpaired) electrons. The van der Waals surface area contributed by atoms with Gasteiger partial charge in [0.15, 0.2) is 0 Å². The number of hydrogen-bond acceptors (Lipinski definition) is 5. The van der Waals surface area contributed by atoms with Gasteiger partial charge < -0.3 is 9.64 Å². The molecule has 2 heterocycles. The number of nitrogens with zero attached hydrogens (tertiary/aromatic N) is 3. The van der Waals surface area contributed by atoms with Gasteiger partial charge in [0, 0.05) is 31.4 Å². The van der Waals surface area contributed by atoms with Gasteiger partial charge in [0.05, 0.1) is 24.9 Å². The van der Waals surface area contributed by atoms with Crippen LogP contribution < -0.4 is 11.3 Å². The quantitative estimate of drug-likeness (QED) is 0.559. The fourth-order valence-corrected chi connectivity index (χ4v) is 2.14. The highest BCUT2D eigenvalue weighted by molar-refractivity contribution is 5.12. The van der Waals surface area contributed by atoms with Crippen molar-refractivity contribution in [3.8, 4) is 0 Å². The molecule has 6 heteroatoms. The van der Waals surface area contributed by atoms with Crippen LogP contribution in [0.2, 0.25) is 0 Å². The molecule has 1 aromatic rings. The van der Waals surface area contributed by atoms with Gasteiger partial charge in [0.25, 0.3) is 0 Å². The molecule has 1 saturated heterocycles. The number of aryl methyl sites for hydroxylation is 1. The number of ether oxygens (including phenoxy) is 1. The zero-order chi connectivity index (χ0) is 12.3. The number of nitrogens with two attached hydrogens (primary N) is 1. The average Bonchev–Trinajstić information content (AvgIpc) is 2.79. The summed E-state index contributed by atoms with van der Waals surface area (Å²) in [6, 6.07) is -0.00181. The Morgan fingerprint density at radius 3 is 3.12 bits per heavy atom. The summed E-state index contributed by atoms with van der Waals surface area (Å²) in [5.74, 6) is 5.65. The summed E-state index contributed by atoms with van der Waals surface area (Å²) in [5, 5.41) is 4.27. The lowest BCUT2D eigenvalue weighted by Crippen LogP contribution is -2.48. The number of rotatable bonds is 4. The van der Waals surface area contributed by atoms with Crippen molar-refractivity contribution in [1.29, 1.82) is 0 Å². The molecule has 2 rings (SSSR count). The predicted molar refractivity (Wildman–Crippen MR) is 65.2 cm³/mol. The maximum Gasteiger partial charge on any atom is 0.0910 e. The van der Waals surface area contributed by atoms with E-state index in [-0.39, 0.29) is 12.1 Å². The van der Waals surface area contributed by atoms with Crippen molar-refractivity contribution in [1.82, 2.24) is 20.1 Å². The number of morpholine rings is 1. The Balaban J connectivity index is 2.09. The minimum absolute atomic E-state index is 0.00181. The number of nitrogens with one attached hydrogen (secondary N) is 1. The van der Waals surface area contributed by atoms with E-state index in [4.69, 9.17) is 10.6 Å². The van der Waals surface area contributed by atoms with Crippen LogP contribution in [-0.2, 0) is 11.3 Å². The molecule has 2 atom stereocenters. The van der Waals surface area contributed by atoms with Crippen molar-refractivity contribution in [2.24, 2.45) is 5.84 Å². The highest BCUT2D eigenvalue weighted by Gasteiger charge is 2.28. The molecule has 17 heavy (non-hydrogen) atoms. The van der Waals surface area contributed by atoms with Crippen molar-refractivity contribution in [3.05, 3.63) is 18.0 Å². The third-order valence-corrected chi connectivity index (χ3v) is 3.18.